The van der Waals surface area contributed by atoms with E-state index in [1.807, 2.05) is 12.1 Å². The molecule has 0 aliphatic rings. The quantitative estimate of drug-likeness (QED) is 0.867. The average molecular weight is 292 g/mol. The maximum atomic E-state index is 11.2. The van der Waals surface area contributed by atoms with Crippen molar-refractivity contribution >= 4 is 31.6 Å². The van der Waals surface area contributed by atoms with Crippen molar-refractivity contribution in [3.05, 3.63) is 29.8 Å². The van der Waals surface area contributed by atoms with Gasteiger partial charge in [0.25, 0.3) is 0 Å². The number of rotatable bonds is 4. The van der Waals surface area contributed by atoms with E-state index in [4.69, 9.17) is 0 Å². The van der Waals surface area contributed by atoms with Crippen LogP contribution in [0.4, 0.5) is 5.69 Å². The molecular weight excluding hydrogens is 278 g/mol. The summed E-state index contributed by atoms with van der Waals surface area (Å²) >= 11 is 2.92. The molecule has 15 heavy (non-hydrogen) atoms. The summed E-state index contributed by atoms with van der Waals surface area (Å²) in [6, 6.07) is 7.40. The second kappa shape index (κ2) is 4.99. The zero-order chi connectivity index (χ0) is 11.5. The van der Waals surface area contributed by atoms with E-state index < -0.39 is 10.0 Å². The van der Waals surface area contributed by atoms with Gasteiger partial charge in [0.2, 0.25) is 10.0 Å². The van der Waals surface area contributed by atoms with E-state index in [2.05, 4.69) is 34.5 Å². The molecular formula is C10H14BrNO2S. The second-order valence-corrected chi connectivity index (χ2v) is 6.63. The van der Waals surface area contributed by atoms with Crippen molar-refractivity contribution in [2.75, 3.05) is 9.38 Å². The lowest BCUT2D eigenvalue weighted by atomic mass is 10.0. The summed E-state index contributed by atoms with van der Waals surface area (Å²) in [7, 11) is -3.24. The molecule has 1 aromatic carbocycles. The van der Waals surface area contributed by atoms with Gasteiger partial charge in [0.05, 0.1) is 0 Å². The van der Waals surface area contributed by atoms with Gasteiger partial charge in [-0.25, -0.2) is 8.42 Å². The second-order valence-electron chi connectivity index (χ2n) is 3.60. The Hall–Kier alpha value is -0.550. The molecule has 0 saturated carbocycles. The Labute approximate surface area is 99.1 Å². The summed E-state index contributed by atoms with van der Waals surface area (Å²) in [5, 5.41) is 0. The van der Waals surface area contributed by atoms with Gasteiger partial charge in [-0.05, 0) is 23.6 Å². The summed E-state index contributed by atoms with van der Waals surface area (Å²) in [4.78, 5) is 0. The predicted molar refractivity (Wildman–Crippen MR) is 66.9 cm³/mol. The minimum Gasteiger partial charge on any atom is -0.283 e. The van der Waals surface area contributed by atoms with Crippen LogP contribution in [0, 0.1) is 0 Å². The van der Waals surface area contributed by atoms with E-state index in [0.717, 1.165) is 0 Å². The summed E-state index contributed by atoms with van der Waals surface area (Å²) in [5.74, 6) is 0.451. The molecule has 0 aromatic heterocycles. The minimum absolute atomic E-state index is 0.0913. The van der Waals surface area contributed by atoms with Crippen molar-refractivity contribution < 1.29 is 8.42 Å². The third kappa shape index (κ3) is 3.83. The fourth-order valence-electron chi connectivity index (χ4n) is 1.14. The largest absolute Gasteiger partial charge is 0.283 e. The Morgan fingerprint density at radius 1 is 1.27 bits per heavy atom. The standard InChI is InChI=1S/C10H14BrNO2S/c1-8(2)9-3-5-10(6-4-9)12-15(13,14)7-11/h3-6,8,12H,7H2,1-2H3. The van der Waals surface area contributed by atoms with Crippen LogP contribution < -0.4 is 4.72 Å². The molecule has 1 aromatic rings. The number of halogens is 1. The first-order valence-electron chi connectivity index (χ1n) is 4.61. The Balaban J connectivity index is 2.82. The minimum atomic E-state index is -3.24. The number of sulfonamides is 1. The van der Waals surface area contributed by atoms with Crippen molar-refractivity contribution in [3.8, 4) is 0 Å². The van der Waals surface area contributed by atoms with Crippen LogP contribution in [0.2, 0.25) is 0 Å². The normalized spacial score (nSPS) is 11.7. The molecule has 0 saturated heterocycles. The zero-order valence-electron chi connectivity index (χ0n) is 8.70. The molecule has 0 radical (unpaired) electrons. The van der Waals surface area contributed by atoms with Crippen molar-refractivity contribution in [2.24, 2.45) is 0 Å². The van der Waals surface area contributed by atoms with Crippen molar-refractivity contribution in [2.45, 2.75) is 19.8 Å². The van der Waals surface area contributed by atoms with Crippen LogP contribution in [0.3, 0.4) is 0 Å². The van der Waals surface area contributed by atoms with E-state index in [1.165, 1.54) is 5.56 Å². The molecule has 0 fully saturated rings. The number of hydrogen-bond donors (Lipinski definition) is 1. The van der Waals surface area contributed by atoms with Gasteiger partial charge in [-0.15, -0.1) is 0 Å². The summed E-state index contributed by atoms with van der Waals surface area (Å²) in [6.07, 6.45) is 0. The van der Waals surface area contributed by atoms with Gasteiger partial charge in [0.1, 0.15) is 4.66 Å². The Morgan fingerprint density at radius 2 is 1.80 bits per heavy atom. The van der Waals surface area contributed by atoms with Gasteiger partial charge in [-0.3, -0.25) is 4.72 Å². The molecule has 84 valence electrons. The monoisotopic (exact) mass is 291 g/mol. The van der Waals surface area contributed by atoms with Gasteiger partial charge in [0, 0.05) is 5.69 Å². The molecule has 3 nitrogen and oxygen atoms in total. The maximum Gasteiger partial charge on any atom is 0.242 e. The highest BCUT2D eigenvalue weighted by molar-refractivity contribution is 9.10. The highest BCUT2D eigenvalue weighted by atomic mass is 79.9. The van der Waals surface area contributed by atoms with Crippen LogP contribution in [0.25, 0.3) is 0 Å². The van der Waals surface area contributed by atoms with E-state index in [9.17, 15) is 8.42 Å². The van der Waals surface area contributed by atoms with E-state index >= 15 is 0 Å². The number of alkyl halides is 1. The molecule has 0 heterocycles. The van der Waals surface area contributed by atoms with Crippen LogP contribution in [0.1, 0.15) is 25.3 Å². The molecule has 0 aliphatic carbocycles. The first kappa shape index (κ1) is 12.5. The molecule has 1 rings (SSSR count). The lowest BCUT2D eigenvalue weighted by Gasteiger charge is -2.08. The van der Waals surface area contributed by atoms with Crippen molar-refractivity contribution in [1.82, 2.24) is 0 Å². The number of hydrogen-bond acceptors (Lipinski definition) is 2. The lowest BCUT2D eigenvalue weighted by molar-refractivity contribution is 0.606. The summed E-state index contributed by atoms with van der Waals surface area (Å²) in [5.41, 5.74) is 1.79. The summed E-state index contributed by atoms with van der Waals surface area (Å²) in [6.45, 7) is 4.19. The maximum absolute atomic E-state index is 11.2. The van der Waals surface area contributed by atoms with E-state index in [-0.39, 0.29) is 4.66 Å². The fourth-order valence-corrected chi connectivity index (χ4v) is 2.04. The Morgan fingerprint density at radius 3 is 2.20 bits per heavy atom. The third-order valence-electron chi connectivity index (χ3n) is 1.99. The molecule has 0 spiro atoms. The summed E-state index contributed by atoms with van der Waals surface area (Å²) < 4.78 is 24.8. The van der Waals surface area contributed by atoms with E-state index in [0.29, 0.717) is 11.6 Å². The average Bonchev–Trinajstić information content (AvgIpc) is 2.18. The first-order valence-corrected chi connectivity index (χ1v) is 7.38. The highest BCUT2D eigenvalue weighted by Gasteiger charge is 2.07. The van der Waals surface area contributed by atoms with Crippen LogP contribution in [0.5, 0.6) is 0 Å². The molecule has 1 N–H and O–H groups in total. The van der Waals surface area contributed by atoms with Gasteiger partial charge in [-0.2, -0.15) is 0 Å². The lowest BCUT2D eigenvalue weighted by Crippen LogP contribution is -2.13. The van der Waals surface area contributed by atoms with Gasteiger partial charge < -0.3 is 0 Å². The predicted octanol–water partition coefficient (Wildman–Crippen LogP) is 2.90. The van der Waals surface area contributed by atoms with Gasteiger partial charge in [0.15, 0.2) is 0 Å². The number of anilines is 1. The molecule has 0 atom stereocenters. The van der Waals surface area contributed by atoms with Gasteiger partial charge in [-0.1, -0.05) is 41.9 Å². The van der Waals surface area contributed by atoms with Crippen LogP contribution in [-0.2, 0) is 10.0 Å². The molecule has 0 amide bonds. The first-order chi connectivity index (χ1) is 6.94. The zero-order valence-corrected chi connectivity index (χ0v) is 11.1. The topological polar surface area (TPSA) is 46.2 Å². The number of nitrogens with one attached hydrogen (secondary N) is 1. The van der Waals surface area contributed by atoms with E-state index in [1.54, 1.807) is 12.1 Å². The molecule has 5 heteroatoms. The van der Waals surface area contributed by atoms with Crippen LogP contribution >= 0.6 is 15.9 Å². The molecule has 0 aliphatic heterocycles. The van der Waals surface area contributed by atoms with Crippen LogP contribution in [0.15, 0.2) is 24.3 Å². The smallest absolute Gasteiger partial charge is 0.242 e. The van der Waals surface area contributed by atoms with Gasteiger partial charge >= 0.3 is 0 Å². The third-order valence-corrected chi connectivity index (χ3v) is 4.64. The Bertz CT molecular complexity index is 412. The highest BCUT2D eigenvalue weighted by Crippen LogP contribution is 2.18. The van der Waals surface area contributed by atoms with Crippen LogP contribution in [-0.4, -0.2) is 13.1 Å². The number of benzene rings is 1. The SMILES string of the molecule is CC(C)c1ccc(NS(=O)(=O)CBr)cc1. The van der Waals surface area contributed by atoms with Crippen molar-refractivity contribution in [3.63, 3.8) is 0 Å². The molecule has 0 unspecified atom stereocenters. The molecule has 0 bridgehead atoms. The van der Waals surface area contributed by atoms with Crippen molar-refractivity contribution in [1.29, 1.82) is 0 Å². The Kier molecular flexibility index (Phi) is 4.16. The fraction of sp³-hybridized carbons (Fsp3) is 0.400.